The van der Waals surface area contributed by atoms with Crippen LogP contribution in [0.25, 0.3) is 6.08 Å². The highest BCUT2D eigenvalue weighted by atomic mass is 19.1. The Kier molecular flexibility index (Phi) is 5.93. The lowest BCUT2D eigenvalue weighted by Gasteiger charge is -2.32. The van der Waals surface area contributed by atoms with Crippen LogP contribution in [0.15, 0.2) is 54.7 Å². The molecule has 2 heterocycles. The molecular formula is C24H26FN3O2. The molecule has 1 saturated heterocycles. The van der Waals surface area contributed by atoms with Crippen LogP contribution in [-0.4, -0.2) is 41.3 Å². The first-order chi connectivity index (χ1) is 14.6. The van der Waals surface area contributed by atoms with Gasteiger partial charge in [-0.3, -0.25) is 14.6 Å². The second-order valence-electron chi connectivity index (χ2n) is 8.19. The predicted molar refractivity (Wildman–Crippen MR) is 113 cm³/mol. The highest BCUT2D eigenvalue weighted by Crippen LogP contribution is 2.59. The van der Waals surface area contributed by atoms with Crippen LogP contribution in [-0.2, 0) is 16.0 Å². The summed E-state index contributed by atoms with van der Waals surface area (Å²) in [5.74, 6) is -0.138. The van der Waals surface area contributed by atoms with Gasteiger partial charge in [0.05, 0.1) is 0 Å². The molecule has 4 rings (SSSR count). The molecule has 6 heteroatoms. The molecular weight excluding hydrogens is 381 g/mol. The highest BCUT2D eigenvalue weighted by Gasteiger charge is 2.58. The normalized spacial score (nSPS) is 19.8. The molecule has 1 atom stereocenters. The largest absolute Gasteiger partial charge is 0.355 e. The lowest BCUT2D eigenvalue weighted by Crippen LogP contribution is -2.40. The van der Waals surface area contributed by atoms with E-state index in [0.29, 0.717) is 19.6 Å². The number of benzene rings is 1. The van der Waals surface area contributed by atoms with Crippen LogP contribution in [0.1, 0.15) is 30.5 Å². The monoisotopic (exact) mass is 407 g/mol. The number of halogens is 1. The van der Waals surface area contributed by atoms with Crippen molar-refractivity contribution in [1.29, 1.82) is 0 Å². The molecule has 2 fully saturated rings. The Labute approximate surface area is 176 Å². The van der Waals surface area contributed by atoms with Gasteiger partial charge in [0.25, 0.3) is 0 Å². The first-order valence-electron chi connectivity index (χ1n) is 10.5. The number of carbonyl (C=O) groups is 2. The van der Waals surface area contributed by atoms with Crippen LogP contribution in [0.3, 0.4) is 0 Å². The molecule has 2 amide bonds. The van der Waals surface area contributed by atoms with Crippen molar-refractivity contribution in [2.45, 2.75) is 25.7 Å². The quantitative estimate of drug-likeness (QED) is 0.748. The topological polar surface area (TPSA) is 62.3 Å². The van der Waals surface area contributed by atoms with Crippen LogP contribution in [0.4, 0.5) is 4.39 Å². The lowest BCUT2D eigenvalue weighted by atomic mass is 9.90. The Morgan fingerprint density at radius 3 is 2.63 bits per heavy atom. The Morgan fingerprint density at radius 1 is 1.17 bits per heavy atom. The number of piperidine rings is 1. The van der Waals surface area contributed by atoms with E-state index in [4.69, 9.17) is 0 Å². The average Bonchev–Trinajstić information content (AvgIpc) is 3.47. The number of amides is 2. The van der Waals surface area contributed by atoms with E-state index in [9.17, 15) is 14.0 Å². The molecule has 30 heavy (non-hydrogen) atoms. The summed E-state index contributed by atoms with van der Waals surface area (Å²) in [5.41, 5.74) is 1.83. The maximum atomic E-state index is 13.0. The van der Waals surface area contributed by atoms with Gasteiger partial charge in [-0.15, -0.1) is 0 Å². The van der Waals surface area contributed by atoms with E-state index in [1.807, 2.05) is 23.1 Å². The molecule has 0 radical (unpaired) electrons. The Bertz CT molecular complexity index is 919. The SMILES string of the molecule is O=C(NCCc1ccccn1)C1CC12CCN(C(=O)/C=C/c1ccc(F)cc1)CC2. The summed E-state index contributed by atoms with van der Waals surface area (Å²) in [4.78, 5) is 31.1. The van der Waals surface area contributed by atoms with Gasteiger partial charge in [-0.25, -0.2) is 4.39 Å². The zero-order valence-corrected chi connectivity index (χ0v) is 16.9. The number of nitrogens with one attached hydrogen (secondary N) is 1. The van der Waals surface area contributed by atoms with E-state index in [-0.39, 0.29) is 29.0 Å². The summed E-state index contributed by atoms with van der Waals surface area (Å²) >= 11 is 0. The first kappa shape index (κ1) is 20.3. The van der Waals surface area contributed by atoms with E-state index >= 15 is 0 Å². The van der Waals surface area contributed by atoms with Crippen molar-refractivity contribution in [1.82, 2.24) is 15.2 Å². The second kappa shape index (κ2) is 8.78. The lowest BCUT2D eigenvalue weighted by molar-refractivity contribution is -0.127. The summed E-state index contributed by atoms with van der Waals surface area (Å²) in [7, 11) is 0. The van der Waals surface area contributed by atoms with E-state index in [1.54, 1.807) is 30.5 Å². The number of aromatic nitrogens is 1. The standard InChI is InChI=1S/C24H26FN3O2/c25-19-7-4-18(5-8-19)6-9-22(29)28-15-11-24(12-16-28)17-21(24)23(30)27-14-10-20-3-1-2-13-26-20/h1-9,13,21H,10-12,14-17H2,(H,27,30)/b9-6+. The smallest absolute Gasteiger partial charge is 0.246 e. The van der Waals surface area contributed by atoms with Crippen molar-refractivity contribution in [3.05, 3.63) is 71.8 Å². The Balaban J connectivity index is 1.21. The minimum absolute atomic E-state index is 0.0359. The van der Waals surface area contributed by atoms with Gasteiger partial charge in [-0.1, -0.05) is 18.2 Å². The molecule has 1 aromatic heterocycles. The molecule has 156 valence electrons. The fourth-order valence-electron chi connectivity index (χ4n) is 4.27. The van der Waals surface area contributed by atoms with E-state index in [2.05, 4.69) is 10.3 Å². The Hall–Kier alpha value is -3.02. The highest BCUT2D eigenvalue weighted by molar-refractivity contribution is 5.92. The maximum absolute atomic E-state index is 13.0. The van der Waals surface area contributed by atoms with Crippen LogP contribution in [0.2, 0.25) is 0 Å². The minimum Gasteiger partial charge on any atom is -0.355 e. The van der Waals surface area contributed by atoms with E-state index < -0.39 is 0 Å². The molecule has 1 spiro atoms. The van der Waals surface area contributed by atoms with Crippen LogP contribution < -0.4 is 5.32 Å². The number of nitrogens with zero attached hydrogens (tertiary/aromatic N) is 2. The number of hydrogen-bond acceptors (Lipinski definition) is 3. The third-order valence-electron chi connectivity index (χ3n) is 6.27. The summed E-state index contributed by atoms with van der Waals surface area (Å²) in [6, 6.07) is 11.8. The third-order valence-corrected chi connectivity index (χ3v) is 6.27. The van der Waals surface area contributed by atoms with Crippen molar-refractivity contribution in [2.75, 3.05) is 19.6 Å². The fraction of sp³-hybridized carbons (Fsp3) is 0.375. The number of hydrogen-bond donors (Lipinski definition) is 1. The molecule has 1 N–H and O–H groups in total. The summed E-state index contributed by atoms with van der Waals surface area (Å²) in [6.45, 7) is 1.94. The van der Waals surface area contributed by atoms with Gasteiger partial charge in [0.2, 0.25) is 11.8 Å². The zero-order valence-electron chi connectivity index (χ0n) is 16.9. The average molecular weight is 407 g/mol. The second-order valence-corrected chi connectivity index (χ2v) is 8.19. The third kappa shape index (κ3) is 4.75. The number of carbonyl (C=O) groups excluding carboxylic acids is 2. The minimum atomic E-state index is -0.292. The van der Waals surface area contributed by atoms with Crippen LogP contribution in [0, 0.1) is 17.2 Å². The molecule has 1 aliphatic carbocycles. The first-order valence-corrected chi connectivity index (χ1v) is 10.5. The number of rotatable bonds is 6. The van der Waals surface area contributed by atoms with Crippen molar-refractivity contribution < 1.29 is 14.0 Å². The maximum Gasteiger partial charge on any atom is 0.246 e. The van der Waals surface area contributed by atoms with Crippen molar-refractivity contribution in [3.63, 3.8) is 0 Å². The molecule has 0 bridgehead atoms. The predicted octanol–water partition coefficient (Wildman–Crippen LogP) is 3.22. The molecule has 2 aliphatic rings. The summed E-state index contributed by atoms with van der Waals surface area (Å²) in [5, 5.41) is 3.04. The van der Waals surface area contributed by atoms with Crippen molar-refractivity contribution >= 4 is 17.9 Å². The van der Waals surface area contributed by atoms with Gasteiger partial charge in [0, 0.05) is 49.9 Å². The van der Waals surface area contributed by atoms with Gasteiger partial charge in [0.15, 0.2) is 0 Å². The van der Waals surface area contributed by atoms with Gasteiger partial charge in [0.1, 0.15) is 5.82 Å². The van der Waals surface area contributed by atoms with E-state index in [0.717, 1.165) is 36.9 Å². The van der Waals surface area contributed by atoms with Gasteiger partial charge >= 0.3 is 0 Å². The van der Waals surface area contributed by atoms with Crippen molar-refractivity contribution in [2.24, 2.45) is 11.3 Å². The molecule has 1 aliphatic heterocycles. The summed E-state index contributed by atoms with van der Waals surface area (Å²) in [6.07, 6.45) is 8.38. The van der Waals surface area contributed by atoms with Crippen LogP contribution in [0.5, 0.6) is 0 Å². The molecule has 5 nitrogen and oxygen atoms in total. The molecule has 1 saturated carbocycles. The molecule has 1 aromatic carbocycles. The Morgan fingerprint density at radius 2 is 1.93 bits per heavy atom. The van der Waals surface area contributed by atoms with Gasteiger partial charge in [-0.05, 0) is 60.6 Å². The molecule has 1 unspecified atom stereocenters. The van der Waals surface area contributed by atoms with Gasteiger partial charge < -0.3 is 10.2 Å². The van der Waals surface area contributed by atoms with Gasteiger partial charge in [-0.2, -0.15) is 0 Å². The van der Waals surface area contributed by atoms with Crippen molar-refractivity contribution in [3.8, 4) is 0 Å². The molecule has 2 aromatic rings. The number of pyridine rings is 1. The zero-order chi connectivity index (χ0) is 21.0. The summed E-state index contributed by atoms with van der Waals surface area (Å²) < 4.78 is 13.0. The van der Waals surface area contributed by atoms with E-state index in [1.165, 1.54) is 12.1 Å². The number of likely N-dealkylation sites (tertiary alicyclic amines) is 1. The fourth-order valence-corrected chi connectivity index (χ4v) is 4.27. The van der Waals surface area contributed by atoms with Crippen LogP contribution >= 0.6 is 0 Å².